The number of fused-ring (bicyclic) bond motifs is 6. The lowest BCUT2D eigenvalue weighted by Gasteiger charge is -2.42. The van der Waals surface area contributed by atoms with E-state index in [1.807, 2.05) is 0 Å². The molecule has 0 saturated heterocycles. The third-order valence-corrected chi connectivity index (χ3v) is 15.0. The van der Waals surface area contributed by atoms with Gasteiger partial charge in [0.2, 0.25) is 0 Å². The first-order valence-electron chi connectivity index (χ1n) is 24.1. The minimum Gasteiger partial charge on any atom is -0.332 e. The summed E-state index contributed by atoms with van der Waals surface area (Å²) in [4.78, 5) is 2.71. The molecule has 13 rings (SSSR count). The highest BCUT2D eigenvalue weighted by Crippen LogP contribution is 2.59. The monoisotopic (exact) mass is 867 g/mol. The van der Waals surface area contributed by atoms with Gasteiger partial charge in [0.25, 0.3) is 0 Å². The van der Waals surface area contributed by atoms with E-state index < -0.39 is 5.41 Å². The summed E-state index contributed by atoms with van der Waals surface area (Å²) in [5.74, 6) is 0.0447. The van der Waals surface area contributed by atoms with Gasteiger partial charge in [-0.3, -0.25) is 0 Å². The molecule has 0 spiro atoms. The Labute approximate surface area is 399 Å². The average Bonchev–Trinajstić information content (AvgIpc) is 3.72. The highest BCUT2D eigenvalue weighted by Gasteiger charge is 2.47. The predicted molar refractivity (Wildman–Crippen MR) is 287 cm³/mol. The molecule has 10 aromatic rings. The van der Waals surface area contributed by atoms with Crippen molar-refractivity contribution in [3.63, 3.8) is 0 Å². The van der Waals surface area contributed by atoms with Crippen LogP contribution >= 0.6 is 0 Å². The maximum Gasteiger partial charge on any atom is 0.0676 e. The molecule has 322 valence electrons. The molecule has 0 aliphatic heterocycles. The number of allylic oxidation sites excluding steroid dienone is 4. The Balaban J connectivity index is 1.10. The standard InChI is InChI=1S/C67H49N/c1-5-21-46(22-6-1)47-37-39-50(40-38-47)64-56-32-15-17-34-58(56)66(59-35-18-16-33-57(59)64)68(63-44-41-48-23-13-14-30-54(48)65(63)49-24-7-2-8-25-49)53-42-43-62-60(45-53)55-31-19-20-36-61(55)67(62,51-26-9-3-10-27-51)52-28-11-4-12-29-52/h1-11,13-28,30-45,63,65H,12,29H2. The van der Waals surface area contributed by atoms with Gasteiger partial charge in [-0.2, -0.15) is 0 Å². The van der Waals surface area contributed by atoms with Gasteiger partial charge in [0.15, 0.2) is 0 Å². The van der Waals surface area contributed by atoms with Crippen LogP contribution in [0.15, 0.2) is 260 Å². The summed E-state index contributed by atoms with van der Waals surface area (Å²) in [5.41, 5.74) is 18.9. The molecule has 10 aromatic carbocycles. The summed E-state index contributed by atoms with van der Waals surface area (Å²) in [6.45, 7) is 0. The van der Waals surface area contributed by atoms with Gasteiger partial charge in [-0.1, -0.05) is 254 Å². The Morgan fingerprint density at radius 1 is 0.471 bits per heavy atom. The van der Waals surface area contributed by atoms with Crippen molar-refractivity contribution in [2.24, 2.45) is 0 Å². The van der Waals surface area contributed by atoms with E-state index in [9.17, 15) is 0 Å². The molecular weight excluding hydrogens is 819 g/mol. The maximum absolute atomic E-state index is 2.71. The van der Waals surface area contributed by atoms with Gasteiger partial charge in [-0.05, 0) is 103 Å². The molecule has 0 saturated carbocycles. The second-order valence-corrected chi connectivity index (χ2v) is 18.5. The van der Waals surface area contributed by atoms with Crippen LogP contribution in [0.25, 0.3) is 61.0 Å². The Bertz CT molecular complexity index is 3560. The SMILES string of the molecule is C1=CCCC(C2(c3ccccc3)c3ccccc3-c3cc(N(c4c5ccccc5c(-c5ccc(-c6ccccc6)cc5)c5ccccc45)C4C=Cc5ccccc5C4c4ccccc4)ccc32)=C1. The van der Waals surface area contributed by atoms with Crippen LogP contribution in [0.2, 0.25) is 0 Å². The maximum atomic E-state index is 2.71. The molecule has 3 aliphatic rings. The molecule has 1 nitrogen and oxygen atoms in total. The van der Waals surface area contributed by atoms with Crippen molar-refractivity contribution >= 4 is 39.0 Å². The van der Waals surface area contributed by atoms with E-state index in [-0.39, 0.29) is 12.0 Å². The van der Waals surface area contributed by atoms with Crippen LogP contribution in [0.4, 0.5) is 11.4 Å². The Morgan fingerprint density at radius 2 is 1.06 bits per heavy atom. The lowest BCUT2D eigenvalue weighted by atomic mass is 9.65. The normalized spacial score (nSPS) is 17.9. The quantitative estimate of drug-likeness (QED) is 0.138. The van der Waals surface area contributed by atoms with Gasteiger partial charge in [-0.15, -0.1) is 0 Å². The summed E-state index contributed by atoms with van der Waals surface area (Å²) in [7, 11) is 0. The van der Waals surface area contributed by atoms with Gasteiger partial charge in [0.05, 0.1) is 17.1 Å². The largest absolute Gasteiger partial charge is 0.332 e. The van der Waals surface area contributed by atoms with Gasteiger partial charge in [0, 0.05) is 22.4 Å². The van der Waals surface area contributed by atoms with Crippen molar-refractivity contribution in [1.82, 2.24) is 0 Å². The first-order chi connectivity index (χ1) is 33.8. The molecular formula is C67H49N. The molecule has 0 fully saturated rings. The van der Waals surface area contributed by atoms with Crippen molar-refractivity contribution in [2.75, 3.05) is 4.90 Å². The third-order valence-electron chi connectivity index (χ3n) is 15.0. The third kappa shape index (κ3) is 6.30. The second kappa shape index (κ2) is 16.6. The Hall–Kier alpha value is -8.26. The molecule has 0 amide bonds. The molecule has 0 heterocycles. The molecule has 0 radical (unpaired) electrons. The van der Waals surface area contributed by atoms with Crippen LogP contribution in [0.1, 0.15) is 52.1 Å². The van der Waals surface area contributed by atoms with Gasteiger partial charge < -0.3 is 4.90 Å². The first kappa shape index (κ1) is 40.1. The lowest BCUT2D eigenvalue weighted by molar-refractivity contribution is 0.674. The number of hydrogen-bond donors (Lipinski definition) is 0. The van der Waals surface area contributed by atoms with E-state index in [1.54, 1.807) is 0 Å². The molecule has 68 heavy (non-hydrogen) atoms. The van der Waals surface area contributed by atoms with Crippen LogP contribution in [-0.4, -0.2) is 6.04 Å². The van der Waals surface area contributed by atoms with Crippen molar-refractivity contribution in [3.05, 3.63) is 294 Å². The van der Waals surface area contributed by atoms with E-state index in [0.717, 1.165) is 12.8 Å². The number of anilines is 2. The molecule has 3 atom stereocenters. The Morgan fingerprint density at radius 3 is 1.78 bits per heavy atom. The van der Waals surface area contributed by atoms with E-state index in [1.165, 1.54) is 105 Å². The van der Waals surface area contributed by atoms with Crippen LogP contribution < -0.4 is 4.90 Å². The molecule has 3 aliphatic carbocycles. The highest BCUT2D eigenvalue weighted by atomic mass is 15.2. The zero-order valence-corrected chi connectivity index (χ0v) is 37.8. The van der Waals surface area contributed by atoms with Crippen LogP contribution in [0.5, 0.6) is 0 Å². The Kier molecular flexibility index (Phi) is 9.75. The number of rotatable bonds is 8. The molecule has 0 bridgehead atoms. The topological polar surface area (TPSA) is 3.24 Å². The van der Waals surface area contributed by atoms with Gasteiger partial charge in [0.1, 0.15) is 0 Å². The summed E-state index contributed by atoms with van der Waals surface area (Å²) >= 11 is 0. The summed E-state index contributed by atoms with van der Waals surface area (Å²) in [6, 6.07) is 86.2. The minimum absolute atomic E-state index is 0.0447. The summed E-state index contributed by atoms with van der Waals surface area (Å²) < 4.78 is 0. The van der Waals surface area contributed by atoms with Crippen molar-refractivity contribution < 1.29 is 0 Å². The van der Waals surface area contributed by atoms with E-state index in [0.29, 0.717) is 0 Å². The number of nitrogens with zero attached hydrogens (tertiary/aromatic N) is 1. The first-order valence-corrected chi connectivity index (χ1v) is 24.1. The number of benzene rings is 10. The molecule has 0 N–H and O–H groups in total. The van der Waals surface area contributed by atoms with E-state index in [4.69, 9.17) is 0 Å². The summed E-state index contributed by atoms with van der Waals surface area (Å²) in [6.07, 6.45) is 13.9. The van der Waals surface area contributed by atoms with Crippen LogP contribution in [0.3, 0.4) is 0 Å². The minimum atomic E-state index is -0.408. The number of hydrogen-bond acceptors (Lipinski definition) is 1. The fourth-order valence-corrected chi connectivity index (χ4v) is 12.2. The van der Waals surface area contributed by atoms with Crippen LogP contribution in [0, 0.1) is 0 Å². The fourth-order valence-electron chi connectivity index (χ4n) is 12.2. The zero-order chi connectivity index (χ0) is 45.0. The van der Waals surface area contributed by atoms with E-state index >= 15 is 0 Å². The smallest absolute Gasteiger partial charge is 0.0676 e. The van der Waals surface area contributed by atoms with Gasteiger partial charge >= 0.3 is 0 Å². The highest BCUT2D eigenvalue weighted by molar-refractivity contribution is 6.21. The summed E-state index contributed by atoms with van der Waals surface area (Å²) in [5, 5.41) is 4.93. The molecule has 1 heteroatoms. The predicted octanol–water partition coefficient (Wildman–Crippen LogP) is 17.3. The average molecular weight is 868 g/mol. The zero-order valence-electron chi connectivity index (χ0n) is 37.8. The van der Waals surface area contributed by atoms with Crippen molar-refractivity contribution in [2.45, 2.75) is 30.2 Å². The van der Waals surface area contributed by atoms with Crippen molar-refractivity contribution in [1.29, 1.82) is 0 Å². The second-order valence-electron chi connectivity index (χ2n) is 18.5. The fraction of sp³-hybridized carbons (Fsp3) is 0.0746. The van der Waals surface area contributed by atoms with Crippen LogP contribution in [-0.2, 0) is 5.41 Å². The molecule has 0 aromatic heterocycles. The van der Waals surface area contributed by atoms with E-state index in [2.05, 4.69) is 266 Å². The van der Waals surface area contributed by atoms with Crippen molar-refractivity contribution in [3.8, 4) is 33.4 Å². The lowest BCUT2D eigenvalue weighted by Crippen LogP contribution is -2.37. The molecule has 3 unspecified atom stereocenters. The van der Waals surface area contributed by atoms with Gasteiger partial charge in [-0.25, -0.2) is 0 Å².